The molecule has 0 spiro atoms. The van der Waals surface area contributed by atoms with Gasteiger partial charge in [-0.15, -0.1) is 0 Å². The van der Waals surface area contributed by atoms with E-state index in [1.54, 1.807) is 0 Å². The maximum atomic E-state index is 3.12. The normalized spacial score (nSPS) is 11.3. The van der Waals surface area contributed by atoms with Gasteiger partial charge in [-0.25, -0.2) is 0 Å². The lowest BCUT2D eigenvalue weighted by Gasteiger charge is -2.09. The van der Waals surface area contributed by atoms with Gasteiger partial charge in [-0.1, -0.05) is 52.0 Å². The Labute approximate surface area is 77.1 Å². The third kappa shape index (κ3) is 9.30. The van der Waals surface area contributed by atoms with E-state index in [2.05, 4.69) is 45.6 Å². The van der Waals surface area contributed by atoms with Gasteiger partial charge in [-0.05, 0) is 17.9 Å². The van der Waals surface area contributed by atoms with E-state index in [0.29, 0.717) is 0 Å². The molecule has 0 unspecified atom stereocenters. The highest BCUT2D eigenvalue weighted by Crippen LogP contribution is 2.13. The molecule has 12 heavy (non-hydrogen) atoms. The number of hydrogen-bond acceptors (Lipinski definition) is 0. The molecule has 0 N–H and O–H groups in total. The van der Waals surface area contributed by atoms with Crippen molar-refractivity contribution < 1.29 is 0 Å². The summed E-state index contributed by atoms with van der Waals surface area (Å²) in [6, 6.07) is 0. The molecule has 0 fully saturated rings. The Morgan fingerprint density at radius 2 is 1.92 bits per heavy atom. The molecule has 0 atom stereocenters. The maximum absolute atomic E-state index is 3.12. The molecule has 0 nitrogen and oxygen atoms in total. The third-order valence-electron chi connectivity index (χ3n) is 1.42. The molecular formula is C12H20. The van der Waals surface area contributed by atoms with Crippen LogP contribution in [-0.2, 0) is 0 Å². The van der Waals surface area contributed by atoms with Crippen molar-refractivity contribution in [2.24, 2.45) is 5.41 Å². The molecule has 0 heteroatoms. The van der Waals surface area contributed by atoms with Crippen LogP contribution in [0, 0.1) is 17.3 Å². The van der Waals surface area contributed by atoms with Crippen molar-refractivity contribution in [3.8, 4) is 11.8 Å². The van der Waals surface area contributed by atoms with Gasteiger partial charge < -0.3 is 0 Å². The molecule has 0 saturated heterocycles. The van der Waals surface area contributed by atoms with Gasteiger partial charge in [-0.3, -0.25) is 0 Å². The second-order valence-corrected chi connectivity index (χ2v) is 4.12. The fourth-order valence-electron chi connectivity index (χ4n) is 0.688. The Morgan fingerprint density at radius 3 is 2.42 bits per heavy atom. The van der Waals surface area contributed by atoms with E-state index in [4.69, 9.17) is 0 Å². The molecule has 0 amide bonds. The van der Waals surface area contributed by atoms with Gasteiger partial charge in [-0.2, -0.15) is 0 Å². The summed E-state index contributed by atoms with van der Waals surface area (Å²) >= 11 is 0. The summed E-state index contributed by atoms with van der Waals surface area (Å²) in [6.45, 7) is 8.72. The first kappa shape index (κ1) is 11.3. The average Bonchev–Trinajstić information content (AvgIpc) is 1.94. The largest absolute Gasteiger partial charge is 0.0985 e. The Morgan fingerprint density at radius 1 is 1.25 bits per heavy atom. The lowest BCUT2D eigenvalue weighted by atomic mass is 9.96. The van der Waals surface area contributed by atoms with Crippen molar-refractivity contribution >= 4 is 0 Å². The van der Waals surface area contributed by atoms with E-state index in [0.717, 1.165) is 6.42 Å². The van der Waals surface area contributed by atoms with E-state index < -0.39 is 0 Å². The molecule has 0 saturated carbocycles. The van der Waals surface area contributed by atoms with Crippen molar-refractivity contribution in [1.29, 1.82) is 0 Å². The van der Waals surface area contributed by atoms with Crippen molar-refractivity contribution in [3.05, 3.63) is 12.2 Å². The minimum Gasteiger partial charge on any atom is -0.0985 e. The van der Waals surface area contributed by atoms with Crippen molar-refractivity contribution in [2.75, 3.05) is 0 Å². The van der Waals surface area contributed by atoms with Gasteiger partial charge in [0.25, 0.3) is 0 Å². The van der Waals surface area contributed by atoms with Crippen LogP contribution in [0.2, 0.25) is 0 Å². The molecule has 0 aromatic carbocycles. The highest BCUT2D eigenvalue weighted by Gasteiger charge is 2.01. The number of unbranched alkanes of at least 4 members (excludes halogenated alkanes) is 2. The van der Waals surface area contributed by atoms with Crippen LogP contribution in [0.4, 0.5) is 0 Å². The van der Waals surface area contributed by atoms with Crippen molar-refractivity contribution in [2.45, 2.75) is 47.0 Å². The number of hydrogen-bond donors (Lipinski definition) is 0. The molecule has 68 valence electrons. The van der Waals surface area contributed by atoms with Crippen molar-refractivity contribution in [3.63, 3.8) is 0 Å². The Kier molecular flexibility index (Phi) is 5.54. The summed E-state index contributed by atoms with van der Waals surface area (Å²) in [6.07, 6.45) is 7.60. The summed E-state index contributed by atoms with van der Waals surface area (Å²) < 4.78 is 0. The predicted octanol–water partition coefficient (Wildman–Crippen LogP) is 3.78. The van der Waals surface area contributed by atoms with Gasteiger partial charge in [0.1, 0.15) is 0 Å². The van der Waals surface area contributed by atoms with E-state index in [1.165, 1.54) is 12.8 Å². The zero-order chi connectivity index (χ0) is 9.45. The topological polar surface area (TPSA) is 0 Å². The first-order valence-electron chi connectivity index (χ1n) is 4.72. The highest BCUT2D eigenvalue weighted by molar-refractivity contribution is 5.16. The van der Waals surface area contributed by atoms with Crippen LogP contribution < -0.4 is 0 Å². The van der Waals surface area contributed by atoms with Crippen LogP contribution in [0.5, 0.6) is 0 Å². The highest BCUT2D eigenvalue weighted by atomic mass is 14.1. The first-order chi connectivity index (χ1) is 5.56. The summed E-state index contributed by atoms with van der Waals surface area (Å²) in [7, 11) is 0. The standard InChI is InChI=1S/C12H20/c1-5-6-7-8-9-10-11-12(2,3)4/h10-11H,5-7H2,1-4H3. The summed E-state index contributed by atoms with van der Waals surface area (Å²) in [4.78, 5) is 0. The second-order valence-electron chi connectivity index (χ2n) is 4.12. The zero-order valence-electron chi connectivity index (χ0n) is 8.78. The third-order valence-corrected chi connectivity index (χ3v) is 1.42. The quantitative estimate of drug-likeness (QED) is 0.430. The van der Waals surface area contributed by atoms with Gasteiger partial charge in [0.05, 0.1) is 0 Å². The fourth-order valence-corrected chi connectivity index (χ4v) is 0.688. The summed E-state index contributed by atoms with van der Waals surface area (Å²) in [5.41, 5.74) is 0.263. The molecule has 0 heterocycles. The van der Waals surface area contributed by atoms with E-state index in [1.807, 2.05) is 6.08 Å². The Bertz CT molecular complexity index is 180. The lowest BCUT2D eigenvalue weighted by molar-refractivity contribution is 0.544. The van der Waals surface area contributed by atoms with Crippen LogP contribution in [0.1, 0.15) is 47.0 Å². The summed E-state index contributed by atoms with van der Waals surface area (Å²) in [5.74, 6) is 6.17. The molecule has 0 aliphatic rings. The fraction of sp³-hybridized carbons (Fsp3) is 0.667. The Balaban J connectivity index is 3.63. The molecule has 0 rings (SSSR count). The van der Waals surface area contributed by atoms with Crippen LogP contribution in [-0.4, -0.2) is 0 Å². The van der Waals surface area contributed by atoms with Crippen LogP contribution in [0.3, 0.4) is 0 Å². The molecule has 0 radical (unpaired) electrons. The lowest BCUT2D eigenvalue weighted by Crippen LogP contribution is -1.97. The minimum absolute atomic E-state index is 0.263. The van der Waals surface area contributed by atoms with Crippen molar-refractivity contribution in [1.82, 2.24) is 0 Å². The van der Waals surface area contributed by atoms with Crippen LogP contribution in [0.15, 0.2) is 12.2 Å². The van der Waals surface area contributed by atoms with Gasteiger partial charge in [0, 0.05) is 6.42 Å². The monoisotopic (exact) mass is 164 g/mol. The smallest absolute Gasteiger partial charge is 0.00921 e. The first-order valence-corrected chi connectivity index (χ1v) is 4.72. The zero-order valence-corrected chi connectivity index (χ0v) is 8.78. The molecule has 0 bridgehead atoms. The maximum Gasteiger partial charge on any atom is 0.00921 e. The molecule has 0 aliphatic heterocycles. The Hall–Kier alpha value is -0.700. The molecule has 0 aromatic rings. The van der Waals surface area contributed by atoms with Gasteiger partial charge in [0.15, 0.2) is 0 Å². The SMILES string of the molecule is CCCCC#CC=CC(C)(C)C. The van der Waals surface area contributed by atoms with E-state index >= 15 is 0 Å². The average molecular weight is 164 g/mol. The van der Waals surface area contributed by atoms with Gasteiger partial charge in [0.2, 0.25) is 0 Å². The predicted molar refractivity (Wildman–Crippen MR) is 55.9 cm³/mol. The molecule has 0 aromatic heterocycles. The number of rotatable bonds is 2. The second kappa shape index (κ2) is 5.89. The van der Waals surface area contributed by atoms with Crippen LogP contribution >= 0.6 is 0 Å². The minimum atomic E-state index is 0.263. The van der Waals surface area contributed by atoms with E-state index in [9.17, 15) is 0 Å². The number of allylic oxidation sites excluding steroid dienone is 2. The van der Waals surface area contributed by atoms with Gasteiger partial charge >= 0.3 is 0 Å². The molecule has 0 aliphatic carbocycles. The van der Waals surface area contributed by atoms with Crippen LogP contribution in [0.25, 0.3) is 0 Å². The van der Waals surface area contributed by atoms with E-state index in [-0.39, 0.29) is 5.41 Å². The summed E-state index contributed by atoms with van der Waals surface area (Å²) in [5, 5.41) is 0. The molecular weight excluding hydrogens is 144 g/mol.